The Kier molecular flexibility index (Phi) is 4.41. The molecule has 100 valence electrons. The van der Waals surface area contributed by atoms with Crippen LogP contribution in [0.5, 0.6) is 0 Å². The molecule has 17 heavy (non-hydrogen) atoms. The maximum atomic E-state index is 12.0. The summed E-state index contributed by atoms with van der Waals surface area (Å²) in [7, 11) is -1.08. The Labute approximate surface area is 104 Å². The van der Waals surface area contributed by atoms with Gasteiger partial charge in [0.25, 0.3) is 0 Å². The van der Waals surface area contributed by atoms with Gasteiger partial charge in [-0.15, -0.1) is 0 Å². The number of piperidine rings is 1. The van der Waals surface area contributed by atoms with Gasteiger partial charge in [0.15, 0.2) is 0 Å². The Morgan fingerprint density at radius 1 is 1.41 bits per heavy atom. The van der Waals surface area contributed by atoms with Crippen LogP contribution in [0.15, 0.2) is 0 Å². The molecule has 2 unspecified atom stereocenters. The summed E-state index contributed by atoms with van der Waals surface area (Å²) in [6, 6.07) is 0.113. The van der Waals surface area contributed by atoms with Crippen LogP contribution in [0.25, 0.3) is 0 Å². The van der Waals surface area contributed by atoms with Crippen LogP contribution < -0.4 is 10.0 Å². The van der Waals surface area contributed by atoms with Crippen LogP contribution in [0.1, 0.15) is 19.3 Å². The van der Waals surface area contributed by atoms with E-state index in [4.69, 9.17) is 0 Å². The second-order valence-electron chi connectivity index (χ2n) is 5.36. The third kappa shape index (κ3) is 4.21. The van der Waals surface area contributed by atoms with Gasteiger partial charge in [-0.3, -0.25) is 0 Å². The fraction of sp³-hybridized carbons (Fsp3) is 1.00. The van der Waals surface area contributed by atoms with Crippen LogP contribution in [-0.2, 0) is 10.0 Å². The number of hydrogen-bond donors (Lipinski definition) is 2. The fourth-order valence-electron chi connectivity index (χ4n) is 2.71. The quantitative estimate of drug-likeness (QED) is 0.723. The van der Waals surface area contributed by atoms with E-state index in [-0.39, 0.29) is 17.7 Å². The van der Waals surface area contributed by atoms with Crippen molar-refractivity contribution < 1.29 is 8.42 Å². The number of likely N-dealkylation sites (tertiary alicyclic amines) is 1. The maximum absolute atomic E-state index is 12.0. The van der Waals surface area contributed by atoms with Crippen molar-refractivity contribution in [2.75, 3.05) is 39.0 Å². The number of nitrogens with zero attached hydrogens (tertiary/aromatic N) is 1. The van der Waals surface area contributed by atoms with E-state index in [1.165, 1.54) is 0 Å². The van der Waals surface area contributed by atoms with E-state index in [0.29, 0.717) is 0 Å². The normalized spacial score (nSPS) is 31.8. The van der Waals surface area contributed by atoms with Crippen LogP contribution in [0.3, 0.4) is 0 Å². The second-order valence-corrected chi connectivity index (χ2v) is 7.16. The molecule has 2 heterocycles. The molecule has 2 rings (SSSR count). The summed E-state index contributed by atoms with van der Waals surface area (Å²) >= 11 is 0. The fourth-order valence-corrected chi connectivity index (χ4v) is 4.41. The number of hydrogen-bond acceptors (Lipinski definition) is 4. The monoisotopic (exact) mass is 261 g/mol. The summed E-state index contributed by atoms with van der Waals surface area (Å²) in [4.78, 5) is 2.16. The lowest BCUT2D eigenvalue weighted by Gasteiger charge is -2.23. The number of sulfonamides is 1. The Bertz CT molecular complexity index is 326. The molecule has 5 nitrogen and oxygen atoms in total. The number of rotatable bonds is 4. The van der Waals surface area contributed by atoms with Gasteiger partial charge in [0, 0.05) is 12.6 Å². The van der Waals surface area contributed by atoms with Crippen molar-refractivity contribution in [1.29, 1.82) is 0 Å². The SMILES string of the molecule is CN1CCC(NS(=O)(=O)CC2CCCNC2)C1. The van der Waals surface area contributed by atoms with Crippen LogP contribution in [0, 0.1) is 5.92 Å². The first-order chi connectivity index (χ1) is 8.05. The molecule has 6 heteroatoms. The molecule has 2 aliphatic heterocycles. The van der Waals surface area contributed by atoms with Crippen molar-refractivity contribution in [2.24, 2.45) is 5.92 Å². The first-order valence-corrected chi connectivity index (χ1v) is 8.10. The zero-order valence-electron chi connectivity index (χ0n) is 10.5. The maximum Gasteiger partial charge on any atom is 0.212 e. The van der Waals surface area contributed by atoms with E-state index in [1.54, 1.807) is 0 Å². The van der Waals surface area contributed by atoms with Crippen molar-refractivity contribution in [3.05, 3.63) is 0 Å². The topological polar surface area (TPSA) is 61.4 Å². The molecule has 2 fully saturated rings. The number of likely N-dealkylation sites (N-methyl/N-ethyl adjacent to an activating group) is 1. The average molecular weight is 261 g/mol. The first kappa shape index (κ1) is 13.3. The van der Waals surface area contributed by atoms with Gasteiger partial charge in [-0.05, 0) is 51.9 Å². The van der Waals surface area contributed by atoms with E-state index in [2.05, 4.69) is 14.9 Å². The highest BCUT2D eigenvalue weighted by atomic mass is 32.2. The molecular weight excluding hydrogens is 238 g/mol. The molecule has 0 aromatic carbocycles. The second kappa shape index (κ2) is 5.65. The molecule has 2 N–H and O–H groups in total. The molecule has 0 saturated carbocycles. The molecule has 0 amide bonds. The lowest BCUT2D eigenvalue weighted by atomic mass is 10.0. The summed E-state index contributed by atoms with van der Waals surface area (Å²) in [6.45, 7) is 3.68. The minimum Gasteiger partial charge on any atom is -0.316 e. The van der Waals surface area contributed by atoms with Gasteiger partial charge in [0.05, 0.1) is 5.75 Å². The van der Waals surface area contributed by atoms with Gasteiger partial charge in [0.2, 0.25) is 10.0 Å². The number of nitrogens with one attached hydrogen (secondary N) is 2. The van der Waals surface area contributed by atoms with E-state index in [1.807, 2.05) is 7.05 Å². The Balaban J connectivity index is 1.81. The highest BCUT2D eigenvalue weighted by Gasteiger charge is 2.27. The van der Waals surface area contributed by atoms with Gasteiger partial charge in [0.1, 0.15) is 0 Å². The molecule has 2 aliphatic rings. The van der Waals surface area contributed by atoms with Crippen molar-refractivity contribution in [1.82, 2.24) is 14.9 Å². The summed E-state index contributed by atoms with van der Waals surface area (Å²) in [5.74, 6) is 0.556. The van der Waals surface area contributed by atoms with Crippen LogP contribution in [0.2, 0.25) is 0 Å². The summed E-state index contributed by atoms with van der Waals surface area (Å²) in [6.07, 6.45) is 3.05. The Morgan fingerprint density at radius 2 is 2.24 bits per heavy atom. The minimum absolute atomic E-state index is 0.113. The van der Waals surface area contributed by atoms with Crippen molar-refractivity contribution >= 4 is 10.0 Å². The highest BCUT2D eigenvalue weighted by Crippen LogP contribution is 2.13. The standard InChI is InChI=1S/C11H23N3O2S/c1-14-6-4-11(8-14)13-17(15,16)9-10-3-2-5-12-7-10/h10-13H,2-9H2,1H3. The first-order valence-electron chi connectivity index (χ1n) is 6.44. The van der Waals surface area contributed by atoms with Crippen LogP contribution in [0.4, 0.5) is 0 Å². The summed E-state index contributed by atoms with van der Waals surface area (Å²) < 4.78 is 26.8. The van der Waals surface area contributed by atoms with Gasteiger partial charge >= 0.3 is 0 Å². The largest absolute Gasteiger partial charge is 0.316 e. The van der Waals surface area contributed by atoms with Gasteiger partial charge in [-0.25, -0.2) is 13.1 Å². The Hall–Kier alpha value is -0.170. The molecule has 0 aromatic heterocycles. The molecule has 0 radical (unpaired) electrons. The predicted molar refractivity (Wildman–Crippen MR) is 68.4 cm³/mol. The third-order valence-corrected chi connectivity index (χ3v) is 5.19. The molecule has 0 spiro atoms. The molecule has 0 bridgehead atoms. The van der Waals surface area contributed by atoms with Gasteiger partial charge in [-0.2, -0.15) is 0 Å². The van der Waals surface area contributed by atoms with E-state index in [9.17, 15) is 8.42 Å². The third-order valence-electron chi connectivity index (χ3n) is 3.59. The van der Waals surface area contributed by atoms with E-state index >= 15 is 0 Å². The lowest BCUT2D eigenvalue weighted by Crippen LogP contribution is -2.42. The van der Waals surface area contributed by atoms with Crippen molar-refractivity contribution in [2.45, 2.75) is 25.3 Å². The summed E-state index contributed by atoms with van der Waals surface area (Å²) in [5, 5.41) is 3.26. The predicted octanol–water partition coefficient (Wildman–Crippen LogP) is -0.390. The van der Waals surface area contributed by atoms with Crippen LogP contribution in [-0.4, -0.2) is 58.3 Å². The van der Waals surface area contributed by atoms with E-state index in [0.717, 1.165) is 45.4 Å². The van der Waals surface area contributed by atoms with Crippen LogP contribution >= 0.6 is 0 Å². The summed E-state index contributed by atoms with van der Waals surface area (Å²) in [5.41, 5.74) is 0. The average Bonchev–Trinajstić information content (AvgIpc) is 2.63. The van der Waals surface area contributed by atoms with E-state index < -0.39 is 10.0 Å². The molecule has 0 aromatic rings. The van der Waals surface area contributed by atoms with Crippen molar-refractivity contribution in [3.63, 3.8) is 0 Å². The van der Waals surface area contributed by atoms with Gasteiger partial charge < -0.3 is 10.2 Å². The zero-order valence-corrected chi connectivity index (χ0v) is 11.3. The molecule has 2 saturated heterocycles. The molecule has 0 aliphatic carbocycles. The molecule has 2 atom stereocenters. The highest BCUT2D eigenvalue weighted by molar-refractivity contribution is 7.89. The minimum atomic E-state index is -3.10. The van der Waals surface area contributed by atoms with Crippen molar-refractivity contribution in [3.8, 4) is 0 Å². The molecular formula is C11H23N3O2S. The zero-order chi connectivity index (χ0) is 12.3. The lowest BCUT2D eigenvalue weighted by molar-refractivity contribution is 0.397. The van der Waals surface area contributed by atoms with Gasteiger partial charge in [-0.1, -0.05) is 0 Å². The smallest absolute Gasteiger partial charge is 0.212 e. The Morgan fingerprint density at radius 3 is 2.82 bits per heavy atom.